The number of amides is 1. The SMILES string of the molecule is CC(C)CNC(=O)c1cncc(Nc2cccc(C(F)(F)F)c2)c1. The number of carbonyl (C=O) groups excluding carboxylic acids is 1. The number of hydrogen-bond acceptors (Lipinski definition) is 3. The van der Waals surface area contributed by atoms with E-state index in [0.29, 0.717) is 23.7 Å². The van der Waals surface area contributed by atoms with Crippen molar-refractivity contribution >= 4 is 17.3 Å². The van der Waals surface area contributed by atoms with Gasteiger partial charge in [0.15, 0.2) is 0 Å². The average molecular weight is 337 g/mol. The zero-order chi connectivity index (χ0) is 17.7. The lowest BCUT2D eigenvalue weighted by atomic mass is 10.2. The normalized spacial score (nSPS) is 11.4. The molecule has 0 spiro atoms. The predicted octanol–water partition coefficient (Wildman–Crippen LogP) is 4.23. The molecule has 7 heteroatoms. The Kier molecular flexibility index (Phi) is 5.43. The lowest BCUT2D eigenvalue weighted by Gasteiger charge is -2.11. The minimum atomic E-state index is -4.41. The quantitative estimate of drug-likeness (QED) is 0.858. The number of hydrogen-bond donors (Lipinski definition) is 2. The van der Waals surface area contributed by atoms with E-state index in [2.05, 4.69) is 15.6 Å². The second kappa shape index (κ2) is 7.33. The van der Waals surface area contributed by atoms with Crippen LogP contribution in [0.4, 0.5) is 24.5 Å². The fraction of sp³-hybridized carbons (Fsp3) is 0.294. The highest BCUT2D eigenvalue weighted by molar-refractivity contribution is 5.94. The van der Waals surface area contributed by atoms with E-state index in [9.17, 15) is 18.0 Å². The summed E-state index contributed by atoms with van der Waals surface area (Å²) in [4.78, 5) is 16.0. The highest BCUT2D eigenvalue weighted by Gasteiger charge is 2.30. The number of nitrogens with one attached hydrogen (secondary N) is 2. The van der Waals surface area contributed by atoms with Crippen molar-refractivity contribution in [3.8, 4) is 0 Å². The minimum absolute atomic E-state index is 0.270. The molecule has 0 aliphatic rings. The van der Waals surface area contributed by atoms with E-state index < -0.39 is 11.7 Å². The van der Waals surface area contributed by atoms with Crippen molar-refractivity contribution in [1.82, 2.24) is 10.3 Å². The first-order chi connectivity index (χ1) is 11.3. The third-order valence-electron chi connectivity index (χ3n) is 3.15. The molecule has 2 aromatic rings. The Morgan fingerprint density at radius 2 is 1.92 bits per heavy atom. The molecule has 0 radical (unpaired) electrons. The number of carbonyl (C=O) groups is 1. The predicted molar refractivity (Wildman–Crippen MR) is 86.1 cm³/mol. The Morgan fingerprint density at radius 3 is 2.58 bits per heavy atom. The van der Waals surface area contributed by atoms with Gasteiger partial charge in [0.05, 0.1) is 23.0 Å². The molecule has 1 heterocycles. The van der Waals surface area contributed by atoms with Gasteiger partial charge in [-0.25, -0.2) is 0 Å². The van der Waals surface area contributed by atoms with Crippen molar-refractivity contribution in [3.05, 3.63) is 53.9 Å². The van der Waals surface area contributed by atoms with Crippen molar-refractivity contribution in [2.75, 3.05) is 11.9 Å². The van der Waals surface area contributed by atoms with Gasteiger partial charge >= 0.3 is 6.18 Å². The Morgan fingerprint density at radius 1 is 1.17 bits per heavy atom. The van der Waals surface area contributed by atoms with Gasteiger partial charge in [-0.1, -0.05) is 19.9 Å². The van der Waals surface area contributed by atoms with Crippen LogP contribution in [0.5, 0.6) is 0 Å². The molecule has 128 valence electrons. The van der Waals surface area contributed by atoms with E-state index in [4.69, 9.17) is 0 Å². The fourth-order valence-corrected chi connectivity index (χ4v) is 1.97. The largest absolute Gasteiger partial charge is 0.416 e. The monoisotopic (exact) mass is 337 g/mol. The maximum atomic E-state index is 12.7. The topological polar surface area (TPSA) is 54.0 Å². The highest BCUT2D eigenvalue weighted by atomic mass is 19.4. The van der Waals surface area contributed by atoms with E-state index >= 15 is 0 Å². The molecular weight excluding hydrogens is 319 g/mol. The van der Waals surface area contributed by atoms with E-state index in [1.165, 1.54) is 24.5 Å². The molecule has 1 amide bonds. The molecule has 0 bridgehead atoms. The lowest BCUT2D eigenvalue weighted by Crippen LogP contribution is -2.27. The van der Waals surface area contributed by atoms with Crippen molar-refractivity contribution in [1.29, 1.82) is 0 Å². The fourth-order valence-electron chi connectivity index (χ4n) is 1.97. The summed E-state index contributed by atoms with van der Waals surface area (Å²) in [6.07, 6.45) is -1.55. The molecule has 0 aliphatic carbocycles. The summed E-state index contributed by atoms with van der Waals surface area (Å²) in [5.41, 5.74) is 0.303. The van der Waals surface area contributed by atoms with Gasteiger partial charge in [-0.3, -0.25) is 9.78 Å². The Bertz CT molecular complexity index is 714. The maximum absolute atomic E-state index is 12.7. The molecule has 2 N–H and O–H groups in total. The van der Waals surface area contributed by atoms with E-state index in [-0.39, 0.29) is 11.6 Å². The molecule has 0 atom stereocenters. The van der Waals surface area contributed by atoms with Crippen LogP contribution < -0.4 is 10.6 Å². The average Bonchev–Trinajstić information content (AvgIpc) is 2.52. The smallest absolute Gasteiger partial charge is 0.354 e. The van der Waals surface area contributed by atoms with Gasteiger partial charge in [-0.2, -0.15) is 13.2 Å². The summed E-state index contributed by atoms with van der Waals surface area (Å²) in [6.45, 7) is 4.48. The standard InChI is InChI=1S/C17H18F3N3O/c1-11(2)8-22-16(24)12-6-15(10-21-9-12)23-14-5-3-4-13(7-14)17(18,19)20/h3-7,9-11,23H,8H2,1-2H3,(H,22,24). The third kappa shape index (κ3) is 4.97. The molecule has 1 aromatic carbocycles. The van der Waals surface area contributed by atoms with Crippen molar-refractivity contribution in [3.63, 3.8) is 0 Å². The maximum Gasteiger partial charge on any atom is 0.416 e. The first-order valence-electron chi connectivity index (χ1n) is 7.43. The highest BCUT2D eigenvalue weighted by Crippen LogP contribution is 2.31. The molecular formula is C17H18F3N3O. The number of alkyl halides is 3. The molecule has 0 aliphatic heterocycles. The van der Waals surface area contributed by atoms with Gasteiger partial charge in [-0.15, -0.1) is 0 Å². The number of halogens is 3. The Hall–Kier alpha value is -2.57. The van der Waals surface area contributed by atoms with Crippen LogP contribution in [0.1, 0.15) is 29.8 Å². The first kappa shape index (κ1) is 17.8. The molecule has 2 rings (SSSR count). The lowest BCUT2D eigenvalue weighted by molar-refractivity contribution is -0.137. The van der Waals surface area contributed by atoms with E-state index in [1.807, 2.05) is 13.8 Å². The Balaban J connectivity index is 2.14. The van der Waals surface area contributed by atoms with Crippen LogP contribution in [0.3, 0.4) is 0 Å². The number of anilines is 2. The number of pyridine rings is 1. The summed E-state index contributed by atoms with van der Waals surface area (Å²) in [6, 6.07) is 6.38. The first-order valence-corrected chi connectivity index (χ1v) is 7.43. The Labute approximate surface area is 138 Å². The van der Waals surface area contributed by atoms with Gasteiger partial charge in [-0.05, 0) is 30.2 Å². The van der Waals surface area contributed by atoms with E-state index in [1.54, 1.807) is 6.07 Å². The van der Waals surface area contributed by atoms with Gasteiger partial charge < -0.3 is 10.6 Å². The van der Waals surface area contributed by atoms with Crippen LogP contribution in [-0.2, 0) is 6.18 Å². The molecule has 0 unspecified atom stereocenters. The summed E-state index contributed by atoms with van der Waals surface area (Å²) in [5.74, 6) is 0.0391. The number of nitrogens with zero attached hydrogens (tertiary/aromatic N) is 1. The van der Waals surface area contributed by atoms with Gasteiger partial charge in [0.1, 0.15) is 0 Å². The molecule has 0 fully saturated rings. The summed E-state index contributed by atoms with van der Waals surface area (Å²) < 4.78 is 38.2. The van der Waals surface area contributed by atoms with Crippen LogP contribution in [0, 0.1) is 5.92 Å². The van der Waals surface area contributed by atoms with Gasteiger partial charge in [0.2, 0.25) is 0 Å². The summed E-state index contributed by atoms with van der Waals surface area (Å²) in [7, 11) is 0. The van der Waals surface area contributed by atoms with Crippen molar-refractivity contribution < 1.29 is 18.0 Å². The molecule has 4 nitrogen and oxygen atoms in total. The van der Waals surface area contributed by atoms with Crippen LogP contribution in [0.15, 0.2) is 42.7 Å². The van der Waals surface area contributed by atoms with Crippen LogP contribution >= 0.6 is 0 Å². The zero-order valence-corrected chi connectivity index (χ0v) is 13.3. The second-order valence-electron chi connectivity index (χ2n) is 5.77. The van der Waals surface area contributed by atoms with Crippen molar-refractivity contribution in [2.24, 2.45) is 5.92 Å². The van der Waals surface area contributed by atoms with Crippen LogP contribution in [0.2, 0.25) is 0 Å². The minimum Gasteiger partial charge on any atom is -0.354 e. The van der Waals surface area contributed by atoms with Crippen LogP contribution in [-0.4, -0.2) is 17.4 Å². The zero-order valence-electron chi connectivity index (χ0n) is 13.3. The number of aromatic nitrogens is 1. The van der Waals surface area contributed by atoms with Crippen molar-refractivity contribution in [2.45, 2.75) is 20.0 Å². The molecule has 0 saturated heterocycles. The van der Waals surface area contributed by atoms with E-state index in [0.717, 1.165) is 12.1 Å². The third-order valence-corrected chi connectivity index (χ3v) is 3.15. The molecule has 0 saturated carbocycles. The summed E-state index contributed by atoms with van der Waals surface area (Å²) in [5, 5.41) is 5.60. The molecule has 24 heavy (non-hydrogen) atoms. The second-order valence-corrected chi connectivity index (χ2v) is 5.77. The summed E-state index contributed by atoms with van der Waals surface area (Å²) >= 11 is 0. The molecule has 1 aromatic heterocycles. The number of benzene rings is 1. The van der Waals surface area contributed by atoms with Gasteiger partial charge in [0.25, 0.3) is 5.91 Å². The van der Waals surface area contributed by atoms with Crippen LogP contribution in [0.25, 0.3) is 0 Å². The van der Waals surface area contributed by atoms with Gasteiger partial charge in [0, 0.05) is 18.4 Å². The number of rotatable bonds is 5.